The van der Waals surface area contributed by atoms with E-state index in [2.05, 4.69) is 27.5 Å². The maximum absolute atomic E-state index is 12.4. The zero-order valence-electron chi connectivity index (χ0n) is 14.2. The minimum absolute atomic E-state index is 0.235. The molecule has 0 aliphatic rings. The van der Waals surface area contributed by atoms with Crippen LogP contribution < -0.4 is 10.6 Å². The van der Waals surface area contributed by atoms with Gasteiger partial charge < -0.3 is 10.6 Å². The molecule has 2 aromatic carbocycles. The number of amides is 1. The predicted molar refractivity (Wildman–Crippen MR) is 100 cm³/mol. The summed E-state index contributed by atoms with van der Waals surface area (Å²) >= 11 is 0. The Bertz CT molecular complexity index is 978. The van der Waals surface area contributed by atoms with Crippen molar-refractivity contribution in [1.29, 1.82) is 5.26 Å². The number of hydrogen-bond acceptors (Lipinski definition) is 5. The third-order valence-electron chi connectivity index (χ3n) is 3.81. The smallest absolute Gasteiger partial charge is 0.274 e. The summed E-state index contributed by atoms with van der Waals surface area (Å²) < 4.78 is 0. The second-order valence-electron chi connectivity index (χ2n) is 5.57. The largest absolute Gasteiger partial charge is 0.340 e. The number of rotatable bonds is 5. The number of para-hydroxylation sites is 1. The number of nitrogens with one attached hydrogen (secondary N) is 2. The van der Waals surface area contributed by atoms with E-state index in [0.717, 1.165) is 17.7 Å². The SMILES string of the molecule is CCc1ccccc1Nc1cc(C(=O)Nc2cccc(C#N)c2)ncn1. The van der Waals surface area contributed by atoms with Crippen LogP contribution in [0.1, 0.15) is 28.5 Å². The van der Waals surface area contributed by atoms with E-state index < -0.39 is 0 Å². The first-order valence-corrected chi connectivity index (χ1v) is 8.18. The van der Waals surface area contributed by atoms with Crippen molar-refractivity contribution in [3.8, 4) is 6.07 Å². The maximum Gasteiger partial charge on any atom is 0.274 e. The molecule has 1 heterocycles. The lowest BCUT2D eigenvalue weighted by atomic mass is 10.1. The number of nitrogens with zero attached hydrogens (tertiary/aromatic N) is 3. The predicted octanol–water partition coefficient (Wildman–Crippen LogP) is 3.91. The van der Waals surface area contributed by atoms with Crippen molar-refractivity contribution in [1.82, 2.24) is 9.97 Å². The molecule has 128 valence electrons. The van der Waals surface area contributed by atoms with Gasteiger partial charge in [-0.25, -0.2) is 9.97 Å². The summed E-state index contributed by atoms with van der Waals surface area (Å²) in [7, 11) is 0. The molecule has 6 heteroatoms. The number of hydrogen-bond donors (Lipinski definition) is 2. The molecule has 1 aromatic heterocycles. The van der Waals surface area contributed by atoms with Crippen LogP contribution in [0.15, 0.2) is 60.9 Å². The molecule has 26 heavy (non-hydrogen) atoms. The minimum atomic E-state index is -0.366. The summed E-state index contributed by atoms with van der Waals surface area (Å²) in [6.45, 7) is 2.08. The van der Waals surface area contributed by atoms with Gasteiger partial charge in [0.2, 0.25) is 0 Å². The van der Waals surface area contributed by atoms with Crippen LogP contribution in [0.3, 0.4) is 0 Å². The highest BCUT2D eigenvalue weighted by Crippen LogP contribution is 2.20. The summed E-state index contributed by atoms with van der Waals surface area (Å²) in [5.74, 6) is 0.172. The Hall–Kier alpha value is -3.72. The lowest BCUT2D eigenvalue weighted by Crippen LogP contribution is -2.14. The average molecular weight is 343 g/mol. The first kappa shape index (κ1) is 17.1. The number of carbonyl (C=O) groups is 1. The molecule has 0 atom stereocenters. The molecule has 3 aromatic rings. The van der Waals surface area contributed by atoms with E-state index in [1.54, 1.807) is 30.3 Å². The van der Waals surface area contributed by atoms with Crippen LogP contribution in [-0.2, 0) is 6.42 Å². The molecule has 6 nitrogen and oxygen atoms in total. The van der Waals surface area contributed by atoms with Crippen LogP contribution in [0.25, 0.3) is 0 Å². The second-order valence-corrected chi connectivity index (χ2v) is 5.57. The lowest BCUT2D eigenvalue weighted by Gasteiger charge is -2.11. The fourth-order valence-corrected chi connectivity index (χ4v) is 2.50. The van der Waals surface area contributed by atoms with Crippen molar-refractivity contribution < 1.29 is 4.79 Å². The van der Waals surface area contributed by atoms with Crippen molar-refractivity contribution in [2.45, 2.75) is 13.3 Å². The quantitative estimate of drug-likeness (QED) is 0.733. The van der Waals surface area contributed by atoms with Crippen molar-refractivity contribution in [3.63, 3.8) is 0 Å². The molecule has 0 unspecified atom stereocenters. The molecular weight excluding hydrogens is 326 g/mol. The summed E-state index contributed by atoms with van der Waals surface area (Å²) in [6.07, 6.45) is 2.23. The van der Waals surface area contributed by atoms with E-state index >= 15 is 0 Å². The highest BCUT2D eigenvalue weighted by molar-refractivity contribution is 6.03. The Morgan fingerprint density at radius 3 is 2.77 bits per heavy atom. The average Bonchev–Trinajstić information content (AvgIpc) is 2.69. The zero-order chi connectivity index (χ0) is 18.4. The van der Waals surface area contributed by atoms with Gasteiger partial charge in [0.1, 0.15) is 17.8 Å². The molecule has 0 fully saturated rings. The summed E-state index contributed by atoms with van der Waals surface area (Å²) in [6, 6.07) is 18.3. The molecule has 2 N–H and O–H groups in total. The molecule has 0 saturated carbocycles. The molecular formula is C20H17N5O. The van der Waals surface area contributed by atoms with Crippen molar-refractivity contribution in [2.75, 3.05) is 10.6 Å². The van der Waals surface area contributed by atoms with Gasteiger partial charge >= 0.3 is 0 Å². The van der Waals surface area contributed by atoms with E-state index in [1.807, 2.05) is 30.3 Å². The molecule has 0 bridgehead atoms. The second kappa shape index (κ2) is 7.90. The minimum Gasteiger partial charge on any atom is -0.340 e. The molecule has 1 amide bonds. The van der Waals surface area contributed by atoms with Crippen LogP contribution in [0, 0.1) is 11.3 Å². The number of aromatic nitrogens is 2. The van der Waals surface area contributed by atoms with Gasteiger partial charge in [0, 0.05) is 17.4 Å². The Balaban J connectivity index is 1.78. The van der Waals surface area contributed by atoms with Gasteiger partial charge in [-0.2, -0.15) is 5.26 Å². The van der Waals surface area contributed by atoms with Crippen LogP contribution >= 0.6 is 0 Å². The molecule has 0 radical (unpaired) electrons. The molecule has 0 aliphatic heterocycles. The first-order valence-electron chi connectivity index (χ1n) is 8.18. The zero-order valence-corrected chi connectivity index (χ0v) is 14.2. The first-order chi connectivity index (χ1) is 12.7. The normalized spacial score (nSPS) is 10.0. The summed E-state index contributed by atoms with van der Waals surface area (Å²) in [4.78, 5) is 20.6. The van der Waals surface area contributed by atoms with Gasteiger partial charge in [-0.05, 0) is 36.2 Å². The van der Waals surface area contributed by atoms with Crippen molar-refractivity contribution in [2.24, 2.45) is 0 Å². The highest BCUT2D eigenvalue weighted by atomic mass is 16.1. The number of carbonyl (C=O) groups excluding carboxylic acids is 1. The van der Waals surface area contributed by atoms with E-state index in [4.69, 9.17) is 5.26 Å². The van der Waals surface area contributed by atoms with Crippen molar-refractivity contribution >= 4 is 23.1 Å². The third kappa shape index (κ3) is 4.02. The molecule has 0 spiro atoms. The number of benzene rings is 2. The number of anilines is 3. The van der Waals surface area contributed by atoms with Gasteiger partial charge in [-0.15, -0.1) is 0 Å². The maximum atomic E-state index is 12.4. The highest BCUT2D eigenvalue weighted by Gasteiger charge is 2.10. The van der Waals surface area contributed by atoms with Gasteiger partial charge in [0.05, 0.1) is 11.6 Å². The Kier molecular flexibility index (Phi) is 5.20. The summed E-state index contributed by atoms with van der Waals surface area (Å²) in [5.41, 5.74) is 3.36. The standard InChI is InChI=1S/C20H17N5O/c1-2-15-7-3-4-9-17(15)25-19-11-18(22-13-23-19)20(26)24-16-8-5-6-14(10-16)12-21/h3-11,13H,2H2,1H3,(H,24,26)(H,22,23,25). The van der Waals surface area contributed by atoms with Crippen LogP contribution in [0.2, 0.25) is 0 Å². The topological polar surface area (TPSA) is 90.7 Å². The van der Waals surface area contributed by atoms with E-state index in [0.29, 0.717) is 17.1 Å². The molecule has 0 aliphatic carbocycles. The summed E-state index contributed by atoms with van der Waals surface area (Å²) in [5, 5.41) is 14.9. The Morgan fingerprint density at radius 2 is 1.96 bits per heavy atom. The monoisotopic (exact) mass is 343 g/mol. The van der Waals surface area contributed by atoms with Gasteiger partial charge in [-0.3, -0.25) is 4.79 Å². The van der Waals surface area contributed by atoms with Gasteiger partial charge in [0.15, 0.2) is 0 Å². The fourth-order valence-electron chi connectivity index (χ4n) is 2.50. The number of aryl methyl sites for hydroxylation is 1. The van der Waals surface area contributed by atoms with Crippen LogP contribution in [0.4, 0.5) is 17.2 Å². The van der Waals surface area contributed by atoms with Gasteiger partial charge in [0.25, 0.3) is 5.91 Å². The third-order valence-corrected chi connectivity index (χ3v) is 3.81. The fraction of sp³-hybridized carbons (Fsp3) is 0.100. The Morgan fingerprint density at radius 1 is 1.12 bits per heavy atom. The van der Waals surface area contributed by atoms with E-state index in [1.165, 1.54) is 6.33 Å². The van der Waals surface area contributed by atoms with Crippen LogP contribution in [-0.4, -0.2) is 15.9 Å². The molecule has 3 rings (SSSR count). The van der Waals surface area contributed by atoms with Crippen molar-refractivity contribution in [3.05, 3.63) is 77.7 Å². The van der Waals surface area contributed by atoms with E-state index in [-0.39, 0.29) is 11.6 Å². The lowest BCUT2D eigenvalue weighted by molar-refractivity contribution is 0.102. The Labute approximate surface area is 151 Å². The van der Waals surface area contributed by atoms with E-state index in [9.17, 15) is 4.79 Å². The van der Waals surface area contributed by atoms with Gasteiger partial charge in [-0.1, -0.05) is 31.2 Å². The molecule has 0 saturated heterocycles. The van der Waals surface area contributed by atoms with Crippen LogP contribution in [0.5, 0.6) is 0 Å². The number of nitriles is 1.